The maximum atomic E-state index is 11.9. The number of rotatable bonds is 9. The molecule has 0 saturated carbocycles. The largest absolute Gasteiger partial charge is 0.463 e. The number of carbonyl (C=O) groups is 4. The maximum absolute atomic E-state index is 11.9. The number of carbonyl (C=O) groups excluding carboxylic acids is 4. The Morgan fingerprint density at radius 3 is 2.08 bits per heavy atom. The fourth-order valence-corrected chi connectivity index (χ4v) is 3.78. The highest BCUT2D eigenvalue weighted by Gasteiger charge is 2.53. The van der Waals surface area contributed by atoms with Gasteiger partial charge in [0.15, 0.2) is 30.9 Å². The molecule has 0 aliphatic carbocycles. The normalized spacial score (nSPS) is 29.5. The van der Waals surface area contributed by atoms with E-state index in [0.717, 1.165) is 26.3 Å². The summed E-state index contributed by atoms with van der Waals surface area (Å²) in [5, 5.41) is 0. The van der Waals surface area contributed by atoms with E-state index in [1.807, 2.05) is 36.4 Å². The molecule has 12 nitrogen and oxygen atoms in total. The summed E-state index contributed by atoms with van der Waals surface area (Å²) in [7, 11) is 0. The molecule has 2 aliphatic heterocycles. The van der Waals surface area contributed by atoms with Gasteiger partial charge in [-0.2, -0.15) is 0 Å². The smallest absolute Gasteiger partial charge is 0.303 e. The van der Waals surface area contributed by atoms with Gasteiger partial charge in [0.1, 0.15) is 19.3 Å². The quantitative estimate of drug-likeness (QED) is 0.343. The fourth-order valence-electron chi connectivity index (χ4n) is 3.78. The topological polar surface area (TPSA) is 142 Å². The second-order valence-electron chi connectivity index (χ2n) is 8.24. The molecule has 0 radical (unpaired) electrons. The van der Waals surface area contributed by atoms with Gasteiger partial charge in [-0.1, -0.05) is 36.4 Å². The van der Waals surface area contributed by atoms with Crippen LogP contribution in [-0.2, 0) is 57.1 Å². The van der Waals surface area contributed by atoms with Crippen LogP contribution >= 0.6 is 0 Å². The highest BCUT2D eigenvalue weighted by atomic mass is 16.8. The summed E-state index contributed by atoms with van der Waals surface area (Å²) in [5.74, 6) is -2.81. The summed E-state index contributed by atoms with van der Waals surface area (Å²) in [6.07, 6.45) is -4.58. The van der Waals surface area contributed by atoms with Gasteiger partial charge in [-0.25, -0.2) is 0 Å². The van der Waals surface area contributed by atoms with E-state index in [1.165, 1.54) is 6.92 Å². The molecule has 0 aromatic heterocycles. The van der Waals surface area contributed by atoms with Crippen molar-refractivity contribution in [3.05, 3.63) is 42.0 Å². The molecule has 0 bridgehead atoms. The molecule has 3 rings (SSSR count). The lowest BCUT2D eigenvalue weighted by atomic mass is 9.98. The molecule has 0 spiro atoms. The van der Waals surface area contributed by atoms with E-state index < -0.39 is 67.2 Å². The lowest BCUT2D eigenvalue weighted by molar-refractivity contribution is -0.335. The van der Waals surface area contributed by atoms with Gasteiger partial charge in [-0.15, -0.1) is 0 Å². The zero-order valence-corrected chi connectivity index (χ0v) is 20.9. The summed E-state index contributed by atoms with van der Waals surface area (Å²) in [6, 6.07) is 9.52. The van der Waals surface area contributed by atoms with Crippen molar-refractivity contribution >= 4 is 30.0 Å². The van der Waals surface area contributed by atoms with Gasteiger partial charge < -0.3 is 37.9 Å². The first kappa shape index (κ1) is 28.3. The fraction of sp³-hybridized carbons (Fsp3) is 0.520. The third kappa shape index (κ3) is 8.64. The predicted molar refractivity (Wildman–Crippen MR) is 123 cm³/mol. The van der Waals surface area contributed by atoms with E-state index in [-0.39, 0.29) is 13.2 Å². The minimum Gasteiger partial charge on any atom is -0.463 e. The van der Waals surface area contributed by atoms with Crippen LogP contribution in [0.1, 0.15) is 33.3 Å². The van der Waals surface area contributed by atoms with Crippen molar-refractivity contribution in [1.29, 1.82) is 0 Å². The van der Waals surface area contributed by atoms with E-state index in [4.69, 9.17) is 37.9 Å². The number of hydrogen-bond acceptors (Lipinski definition) is 12. The van der Waals surface area contributed by atoms with Crippen molar-refractivity contribution < 1.29 is 57.1 Å². The first-order valence-electron chi connectivity index (χ1n) is 11.6. The predicted octanol–water partition coefficient (Wildman–Crippen LogP) is 1.50. The Morgan fingerprint density at radius 1 is 0.838 bits per heavy atom. The molecular formula is C25H30O12. The summed E-state index contributed by atoms with van der Waals surface area (Å²) in [5.41, 5.74) is 0.943. The van der Waals surface area contributed by atoms with Crippen molar-refractivity contribution in [2.24, 2.45) is 0 Å². The Labute approximate surface area is 213 Å². The molecule has 2 saturated heterocycles. The van der Waals surface area contributed by atoms with Crippen LogP contribution in [0.2, 0.25) is 0 Å². The molecule has 7 atom stereocenters. The van der Waals surface area contributed by atoms with Gasteiger partial charge in [0.2, 0.25) is 6.29 Å². The third-order valence-electron chi connectivity index (χ3n) is 5.16. The van der Waals surface area contributed by atoms with E-state index in [0.29, 0.717) is 0 Å². The molecule has 1 aromatic carbocycles. The standard InChI is InChI=1S/C25H30O12/c1-14(26)30-12-19-22(32-15(2)27)23(33-16(3)28)24(34-17(4)29)25(35-19)37-21-13-31-20(36-21)11-10-18-8-6-5-7-9-18/h5-11,19-25H,12-13H2,1-4H3/t19-,20?,21?,22-,23+,24-,25?/m1/s1. The minimum absolute atomic E-state index is 0.0106. The molecule has 202 valence electrons. The van der Waals surface area contributed by atoms with Crippen molar-refractivity contribution in [3.63, 3.8) is 0 Å². The van der Waals surface area contributed by atoms with Crippen LogP contribution in [0, 0.1) is 0 Å². The first-order valence-corrected chi connectivity index (χ1v) is 11.6. The molecule has 0 N–H and O–H groups in total. The summed E-state index contributed by atoms with van der Waals surface area (Å²) in [4.78, 5) is 47.1. The lowest BCUT2D eigenvalue weighted by Gasteiger charge is -2.44. The summed E-state index contributed by atoms with van der Waals surface area (Å²) >= 11 is 0. The molecular weight excluding hydrogens is 492 g/mol. The van der Waals surface area contributed by atoms with Crippen LogP contribution in [0.3, 0.4) is 0 Å². The number of esters is 4. The van der Waals surface area contributed by atoms with Gasteiger partial charge >= 0.3 is 23.9 Å². The molecule has 2 heterocycles. The molecule has 37 heavy (non-hydrogen) atoms. The van der Waals surface area contributed by atoms with Gasteiger partial charge in [-0.3, -0.25) is 19.2 Å². The van der Waals surface area contributed by atoms with E-state index >= 15 is 0 Å². The van der Waals surface area contributed by atoms with E-state index in [9.17, 15) is 19.2 Å². The first-order chi connectivity index (χ1) is 17.6. The molecule has 3 unspecified atom stereocenters. The van der Waals surface area contributed by atoms with E-state index in [1.54, 1.807) is 6.08 Å². The van der Waals surface area contributed by atoms with Crippen LogP contribution in [0.25, 0.3) is 6.08 Å². The average molecular weight is 523 g/mol. The highest BCUT2D eigenvalue weighted by molar-refractivity contribution is 5.68. The lowest BCUT2D eigenvalue weighted by Crippen LogP contribution is -2.63. The Hall–Kier alpha value is -3.32. The summed E-state index contributed by atoms with van der Waals surface area (Å²) < 4.78 is 44.3. The molecule has 2 fully saturated rings. The molecule has 12 heteroatoms. The third-order valence-corrected chi connectivity index (χ3v) is 5.16. The second-order valence-corrected chi connectivity index (χ2v) is 8.24. The SMILES string of the molecule is CC(=O)OC[C@H]1OC(OC2COC(C=Cc3ccccc3)O2)[C@H](OC(C)=O)[C@@H](OC(C)=O)[C@@H]1OC(C)=O. The second kappa shape index (κ2) is 13.3. The maximum Gasteiger partial charge on any atom is 0.303 e. The van der Waals surface area contributed by atoms with E-state index in [2.05, 4.69) is 0 Å². The molecule has 2 aliphatic rings. The van der Waals surface area contributed by atoms with Gasteiger partial charge in [0.05, 0.1) is 0 Å². The molecule has 0 amide bonds. The van der Waals surface area contributed by atoms with Crippen molar-refractivity contribution in [3.8, 4) is 0 Å². The van der Waals surface area contributed by atoms with Crippen molar-refractivity contribution in [1.82, 2.24) is 0 Å². The number of ether oxygens (including phenoxy) is 8. The average Bonchev–Trinajstić information content (AvgIpc) is 3.27. The summed E-state index contributed by atoms with van der Waals surface area (Å²) in [6.45, 7) is 4.27. The van der Waals surface area contributed by atoms with Crippen LogP contribution in [0.4, 0.5) is 0 Å². The highest BCUT2D eigenvalue weighted by Crippen LogP contribution is 2.31. The Bertz CT molecular complexity index is 977. The van der Waals surface area contributed by atoms with Crippen LogP contribution < -0.4 is 0 Å². The Balaban J connectivity index is 1.79. The van der Waals surface area contributed by atoms with Crippen molar-refractivity contribution in [2.45, 2.75) is 71.0 Å². The van der Waals surface area contributed by atoms with Gasteiger partial charge in [-0.05, 0) is 11.6 Å². The Morgan fingerprint density at radius 2 is 1.46 bits per heavy atom. The van der Waals surface area contributed by atoms with Crippen LogP contribution in [-0.4, -0.2) is 80.4 Å². The van der Waals surface area contributed by atoms with Crippen LogP contribution in [0.5, 0.6) is 0 Å². The Kier molecular flexibility index (Phi) is 10.1. The monoisotopic (exact) mass is 522 g/mol. The van der Waals surface area contributed by atoms with Crippen molar-refractivity contribution in [2.75, 3.05) is 13.2 Å². The van der Waals surface area contributed by atoms with Gasteiger partial charge in [0, 0.05) is 27.7 Å². The number of hydrogen-bond donors (Lipinski definition) is 0. The van der Waals surface area contributed by atoms with Gasteiger partial charge in [0.25, 0.3) is 0 Å². The zero-order chi connectivity index (χ0) is 26.9. The number of benzene rings is 1. The minimum atomic E-state index is -1.36. The van der Waals surface area contributed by atoms with Crippen LogP contribution in [0.15, 0.2) is 36.4 Å². The zero-order valence-electron chi connectivity index (χ0n) is 20.9. The molecule has 1 aromatic rings.